The van der Waals surface area contributed by atoms with Gasteiger partial charge in [-0.25, -0.2) is 0 Å². The van der Waals surface area contributed by atoms with E-state index in [2.05, 4.69) is 15.2 Å². The first-order valence-electron chi connectivity index (χ1n) is 8.15. The minimum Gasteiger partial charge on any atom is -0.370 e. The summed E-state index contributed by atoms with van der Waals surface area (Å²) in [6.45, 7) is 3.29. The lowest BCUT2D eigenvalue weighted by Gasteiger charge is -2.21. The Kier molecular flexibility index (Phi) is 9.66. The van der Waals surface area contributed by atoms with Crippen LogP contribution in [0.2, 0.25) is 0 Å². The van der Waals surface area contributed by atoms with E-state index in [-0.39, 0.29) is 29.9 Å². The summed E-state index contributed by atoms with van der Waals surface area (Å²) in [6.07, 6.45) is 5.77. The van der Waals surface area contributed by atoms with Gasteiger partial charge in [0.25, 0.3) is 5.91 Å². The number of carbonyl (C=O) groups excluding carboxylic acids is 1. The summed E-state index contributed by atoms with van der Waals surface area (Å²) in [7, 11) is 0. The van der Waals surface area contributed by atoms with E-state index in [0.29, 0.717) is 24.6 Å². The molecule has 1 aromatic rings. The van der Waals surface area contributed by atoms with Gasteiger partial charge in [0.1, 0.15) is 0 Å². The van der Waals surface area contributed by atoms with Crippen LogP contribution in [-0.2, 0) is 0 Å². The third-order valence-electron chi connectivity index (χ3n) is 3.86. The smallest absolute Gasteiger partial charge is 0.251 e. The molecule has 0 unspecified atom stereocenters. The molecule has 6 heteroatoms. The van der Waals surface area contributed by atoms with Gasteiger partial charge in [0.2, 0.25) is 0 Å². The summed E-state index contributed by atoms with van der Waals surface area (Å²) in [5.41, 5.74) is 6.73. The molecule has 0 aliphatic carbocycles. The highest BCUT2D eigenvalue weighted by molar-refractivity contribution is 14.0. The molecule has 1 heterocycles. The van der Waals surface area contributed by atoms with Crippen LogP contribution in [-0.4, -0.2) is 42.9 Å². The van der Waals surface area contributed by atoms with Crippen molar-refractivity contribution in [2.24, 2.45) is 10.7 Å². The molecule has 0 bridgehead atoms. The number of nitrogens with two attached hydrogens (primary N) is 1. The maximum atomic E-state index is 11.8. The van der Waals surface area contributed by atoms with Crippen molar-refractivity contribution in [1.29, 1.82) is 0 Å². The average molecular weight is 430 g/mol. The van der Waals surface area contributed by atoms with Crippen LogP contribution in [0.25, 0.3) is 0 Å². The van der Waals surface area contributed by atoms with Gasteiger partial charge in [-0.15, -0.1) is 24.0 Å². The molecular weight excluding hydrogens is 403 g/mol. The monoisotopic (exact) mass is 430 g/mol. The summed E-state index contributed by atoms with van der Waals surface area (Å²) in [5.74, 6) is 0.612. The van der Waals surface area contributed by atoms with E-state index in [4.69, 9.17) is 5.73 Å². The predicted octanol–water partition coefficient (Wildman–Crippen LogP) is 2.62. The van der Waals surface area contributed by atoms with Crippen molar-refractivity contribution in [3.8, 4) is 0 Å². The first-order chi connectivity index (χ1) is 10.8. The second-order valence-corrected chi connectivity index (χ2v) is 5.62. The molecule has 1 fully saturated rings. The van der Waals surface area contributed by atoms with Crippen molar-refractivity contribution in [3.63, 3.8) is 0 Å². The fraction of sp³-hybridized carbons (Fsp3) is 0.529. The lowest BCUT2D eigenvalue weighted by molar-refractivity contribution is 0.0953. The van der Waals surface area contributed by atoms with Crippen LogP contribution >= 0.6 is 24.0 Å². The van der Waals surface area contributed by atoms with E-state index in [9.17, 15) is 4.79 Å². The van der Waals surface area contributed by atoms with Gasteiger partial charge >= 0.3 is 0 Å². The largest absolute Gasteiger partial charge is 0.370 e. The van der Waals surface area contributed by atoms with Crippen molar-refractivity contribution < 1.29 is 4.79 Å². The van der Waals surface area contributed by atoms with Crippen molar-refractivity contribution in [2.45, 2.75) is 32.1 Å². The molecule has 1 amide bonds. The summed E-state index contributed by atoms with van der Waals surface area (Å²) >= 11 is 0. The molecule has 3 N–H and O–H groups in total. The van der Waals surface area contributed by atoms with Crippen molar-refractivity contribution in [1.82, 2.24) is 10.2 Å². The lowest BCUT2D eigenvalue weighted by atomic mass is 10.2. The number of hydrogen-bond acceptors (Lipinski definition) is 2. The Morgan fingerprint density at radius 1 is 1.13 bits per heavy atom. The molecule has 0 aromatic heterocycles. The van der Waals surface area contributed by atoms with E-state index in [1.165, 1.54) is 25.7 Å². The van der Waals surface area contributed by atoms with Gasteiger partial charge in [-0.1, -0.05) is 31.0 Å². The number of hydrogen-bond donors (Lipinski definition) is 2. The highest BCUT2D eigenvalue weighted by Gasteiger charge is 2.10. The average Bonchev–Trinajstić information content (AvgIpc) is 2.84. The van der Waals surface area contributed by atoms with E-state index in [1.54, 1.807) is 0 Å². The van der Waals surface area contributed by atoms with Crippen LogP contribution in [0.3, 0.4) is 0 Å². The molecule has 128 valence electrons. The summed E-state index contributed by atoms with van der Waals surface area (Å²) in [6, 6.07) is 9.24. The highest BCUT2D eigenvalue weighted by Crippen LogP contribution is 2.09. The van der Waals surface area contributed by atoms with Gasteiger partial charge in [-0.3, -0.25) is 9.79 Å². The van der Waals surface area contributed by atoms with Gasteiger partial charge in [-0.05, 0) is 31.4 Å². The number of halogens is 1. The van der Waals surface area contributed by atoms with Crippen LogP contribution < -0.4 is 11.1 Å². The summed E-state index contributed by atoms with van der Waals surface area (Å²) in [5, 5.41) is 2.90. The summed E-state index contributed by atoms with van der Waals surface area (Å²) in [4.78, 5) is 18.5. The molecule has 0 saturated carbocycles. The van der Waals surface area contributed by atoms with Gasteiger partial charge in [-0.2, -0.15) is 0 Å². The molecule has 23 heavy (non-hydrogen) atoms. The number of carbonyl (C=O) groups is 1. The molecule has 0 atom stereocenters. The van der Waals surface area contributed by atoms with Gasteiger partial charge in [0.05, 0.1) is 0 Å². The number of aliphatic imine (C=N–C) groups is 1. The third-order valence-corrected chi connectivity index (χ3v) is 3.86. The molecular formula is C17H27IN4O. The maximum Gasteiger partial charge on any atom is 0.251 e. The number of guanidine groups is 1. The predicted molar refractivity (Wildman–Crippen MR) is 105 cm³/mol. The molecule has 1 aliphatic rings. The normalized spacial score (nSPS) is 15.5. The van der Waals surface area contributed by atoms with E-state index in [1.807, 2.05) is 30.3 Å². The Hall–Kier alpha value is -1.31. The van der Waals surface area contributed by atoms with Crippen LogP contribution in [0.5, 0.6) is 0 Å². The number of benzene rings is 1. The standard InChI is InChI=1S/C17H26N4O.HI/c18-17(21-13-6-1-2-7-14-21)20-12-8-11-19-16(22)15-9-4-3-5-10-15;/h3-5,9-10H,1-2,6-8,11-14H2,(H2,18,20)(H,19,22);1H. The minimum atomic E-state index is -0.0370. The number of nitrogens with zero attached hydrogens (tertiary/aromatic N) is 2. The van der Waals surface area contributed by atoms with Crippen LogP contribution in [0.15, 0.2) is 35.3 Å². The Morgan fingerprint density at radius 3 is 2.43 bits per heavy atom. The summed E-state index contributed by atoms with van der Waals surface area (Å²) < 4.78 is 0. The van der Waals surface area contributed by atoms with Gasteiger partial charge < -0.3 is 16.0 Å². The zero-order chi connectivity index (χ0) is 15.6. The second-order valence-electron chi connectivity index (χ2n) is 5.62. The fourth-order valence-corrected chi connectivity index (χ4v) is 2.57. The lowest BCUT2D eigenvalue weighted by Crippen LogP contribution is -2.38. The molecule has 1 aromatic carbocycles. The molecule has 0 radical (unpaired) electrons. The third kappa shape index (κ3) is 7.20. The van der Waals surface area contributed by atoms with Gasteiger partial charge in [0.15, 0.2) is 5.96 Å². The molecule has 1 saturated heterocycles. The topological polar surface area (TPSA) is 70.7 Å². The number of rotatable bonds is 5. The first kappa shape index (κ1) is 19.7. The molecule has 1 aliphatic heterocycles. The van der Waals surface area contributed by atoms with Gasteiger partial charge in [0, 0.05) is 31.7 Å². The van der Waals surface area contributed by atoms with E-state index >= 15 is 0 Å². The Labute approximate surface area is 155 Å². The number of nitrogens with one attached hydrogen (secondary N) is 1. The maximum absolute atomic E-state index is 11.8. The van der Waals surface area contributed by atoms with Crippen LogP contribution in [0, 0.1) is 0 Å². The van der Waals surface area contributed by atoms with Crippen LogP contribution in [0.1, 0.15) is 42.5 Å². The Bertz CT molecular complexity index is 485. The molecule has 2 rings (SSSR count). The van der Waals surface area contributed by atoms with Crippen molar-refractivity contribution >= 4 is 35.8 Å². The quantitative estimate of drug-likeness (QED) is 0.327. The van der Waals surface area contributed by atoms with E-state index < -0.39 is 0 Å². The second kappa shape index (κ2) is 11.3. The first-order valence-corrected chi connectivity index (χ1v) is 8.15. The number of amides is 1. The van der Waals surface area contributed by atoms with E-state index in [0.717, 1.165) is 19.5 Å². The minimum absolute atomic E-state index is 0. The van der Waals surface area contributed by atoms with Crippen molar-refractivity contribution in [3.05, 3.63) is 35.9 Å². The highest BCUT2D eigenvalue weighted by atomic mass is 127. The fourth-order valence-electron chi connectivity index (χ4n) is 2.57. The number of likely N-dealkylation sites (tertiary alicyclic amines) is 1. The SMILES string of the molecule is I.NC(=NCCCNC(=O)c1ccccc1)N1CCCCCC1. The molecule has 0 spiro atoms. The Balaban J connectivity index is 0.00000264. The zero-order valence-electron chi connectivity index (χ0n) is 13.5. The molecule has 5 nitrogen and oxygen atoms in total. The Morgan fingerprint density at radius 2 is 1.78 bits per heavy atom. The van der Waals surface area contributed by atoms with Crippen molar-refractivity contribution in [2.75, 3.05) is 26.2 Å². The zero-order valence-corrected chi connectivity index (χ0v) is 15.9. The van der Waals surface area contributed by atoms with Crippen LogP contribution in [0.4, 0.5) is 0 Å².